The van der Waals surface area contributed by atoms with Crippen LogP contribution in [0.25, 0.3) is 0 Å². The molecule has 1 N–H and O–H groups in total. The number of nitrogens with one attached hydrogen (secondary N) is 1. The van der Waals surface area contributed by atoms with Gasteiger partial charge in [-0.2, -0.15) is 0 Å². The molecular weight excluding hydrogens is 248 g/mol. The van der Waals surface area contributed by atoms with E-state index in [4.69, 9.17) is 4.98 Å². The van der Waals surface area contributed by atoms with Gasteiger partial charge in [0.2, 0.25) is 0 Å². The van der Waals surface area contributed by atoms with E-state index >= 15 is 0 Å². The highest BCUT2D eigenvalue weighted by atomic mass is 15.2. The molecule has 0 unspecified atom stereocenters. The fourth-order valence-electron chi connectivity index (χ4n) is 3.11. The molecule has 1 aromatic heterocycles. The van der Waals surface area contributed by atoms with Crippen molar-refractivity contribution in [3.63, 3.8) is 0 Å². The minimum absolute atomic E-state index is 0.625. The molecule has 0 spiro atoms. The first-order valence-electron chi connectivity index (χ1n) is 7.95. The van der Waals surface area contributed by atoms with E-state index in [1.54, 1.807) is 0 Å². The van der Waals surface area contributed by atoms with Crippen molar-refractivity contribution in [1.29, 1.82) is 0 Å². The van der Waals surface area contributed by atoms with Crippen LogP contribution in [0.2, 0.25) is 0 Å². The molecule has 0 aliphatic heterocycles. The maximum atomic E-state index is 4.78. The van der Waals surface area contributed by atoms with Crippen molar-refractivity contribution in [2.24, 2.45) is 0 Å². The van der Waals surface area contributed by atoms with Crippen LogP contribution in [-0.2, 0) is 6.42 Å². The molecule has 4 heteroatoms. The molecule has 0 saturated heterocycles. The van der Waals surface area contributed by atoms with Crippen molar-refractivity contribution in [3.05, 3.63) is 11.4 Å². The van der Waals surface area contributed by atoms with Crippen LogP contribution in [-0.4, -0.2) is 30.1 Å². The zero-order chi connectivity index (χ0) is 14.5. The van der Waals surface area contributed by atoms with Crippen LogP contribution in [0.3, 0.4) is 0 Å². The Bertz CT molecular complexity index is 436. The molecule has 1 aromatic rings. The number of nitrogens with zero attached hydrogens (tertiary/aromatic N) is 3. The third kappa shape index (κ3) is 3.22. The summed E-state index contributed by atoms with van der Waals surface area (Å²) < 4.78 is 0. The molecule has 1 aliphatic rings. The van der Waals surface area contributed by atoms with Crippen LogP contribution in [0, 0.1) is 6.92 Å². The second-order valence-corrected chi connectivity index (χ2v) is 5.80. The molecule has 0 aromatic carbocycles. The third-order valence-corrected chi connectivity index (χ3v) is 4.43. The summed E-state index contributed by atoms with van der Waals surface area (Å²) in [5, 5.41) is 3.20. The van der Waals surface area contributed by atoms with Crippen molar-refractivity contribution in [1.82, 2.24) is 9.97 Å². The standard InChI is InChI=1S/C16H28N4/c1-5-14-18-15(17-3)12(2)16(19-14)20(4)13-10-8-6-7-9-11-13/h13H,5-11H2,1-4H3,(H,17,18,19). The SMILES string of the molecule is CCc1nc(NC)c(C)c(N(C)C2CCCCCC2)n1. The summed E-state index contributed by atoms with van der Waals surface area (Å²) in [7, 11) is 4.13. The van der Waals surface area contributed by atoms with Gasteiger partial charge in [0.25, 0.3) is 0 Å². The van der Waals surface area contributed by atoms with Gasteiger partial charge in [0.1, 0.15) is 17.5 Å². The molecule has 20 heavy (non-hydrogen) atoms. The maximum Gasteiger partial charge on any atom is 0.137 e. The smallest absolute Gasteiger partial charge is 0.137 e. The van der Waals surface area contributed by atoms with E-state index in [2.05, 4.69) is 36.1 Å². The quantitative estimate of drug-likeness (QED) is 0.854. The van der Waals surface area contributed by atoms with Gasteiger partial charge in [-0.1, -0.05) is 32.6 Å². The lowest BCUT2D eigenvalue weighted by Gasteiger charge is -2.30. The highest BCUT2D eigenvalue weighted by Crippen LogP contribution is 2.28. The Kier molecular flexibility index (Phi) is 5.21. The zero-order valence-corrected chi connectivity index (χ0v) is 13.4. The molecule has 1 aliphatic carbocycles. The molecule has 112 valence electrons. The van der Waals surface area contributed by atoms with Gasteiger partial charge in [0.15, 0.2) is 0 Å². The predicted octanol–water partition coefficient (Wildman–Crippen LogP) is 3.55. The lowest BCUT2D eigenvalue weighted by Crippen LogP contribution is -2.33. The number of aryl methyl sites for hydroxylation is 1. The minimum atomic E-state index is 0.625. The van der Waals surface area contributed by atoms with E-state index in [0.29, 0.717) is 6.04 Å². The molecular formula is C16H28N4. The lowest BCUT2D eigenvalue weighted by atomic mass is 10.1. The van der Waals surface area contributed by atoms with Crippen LogP contribution in [0.15, 0.2) is 0 Å². The maximum absolute atomic E-state index is 4.78. The average Bonchev–Trinajstić information content (AvgIpc) is 2.76. The predicted molar refractivity (Wildman–Crippen MR) is 85.6 cm³/mol. The minimum Gasteiger partial charge on any atom is -0.373 e. The van der Waals surface area contributed by atoms with Crippen LogP contribution < -0.4 is 10.2 Å². The summed E-state index contributed by atoms with van der Waals surface area (Å²) in [5.74, 6) is 3.00. The molecule has 0 atom stereocenters. The fourth-order valence-corrected chi connectivity index (χ4v) is 3.11. The van der Waals surface area contributed by atoms with Gasteiger partial charge in [-0.05, 0) is 19.8 Å². The van der Waals surface area contributed by atoms with Crippen molar-refractivity contribution < 1.29 is 0 Å². The van der Waals surface area contributed by atoms with E-state index in [9.17, 15) is 0 Å². The Balaban J connectivity index is 2.29. The van der Waals surface area contributed by atoms with E-state index in [-0.39, 0.29) is 0 Å². The highest BCUT2D eigenvalue weighted by Gasteiger charge is 2.21. The zero-order valence-electron chi connectivity index (χ0n) is 13.4. The van der Waals surface area contributed by atoms with Gasteiger partial charge in [-0.15, -0.1) is 0 Å². The number of rotatable bonds is 4. The number of hydrogen-bond donors (Lipinski definition) is 1. The highest BCUT2D eigenvalue weighted by molar-refractivity contribution is 5.58. The molecule has 4 nitrogen and oxygen atoms in total. The van der Waals surface area contributed by atoms with Gasteiger partial charge in [-0.25, -0.2) is 9.97 Å². The normalized spacial score (nSPS) is 16.8. The van der Waals surface area contributed by atoms with Gasteiger partial charge < -0.3 is 10.2 Å². The summed E-state index contributed by atoms with van der Waals surface area (Å²) in [4.78, 5) is 11.7. The van der Waals surface area contributed by atoms with Gasteiger partial charge in [-0.3, -0.25) is 0 Å². The van der Waals surface area contributed by atoms with Crippen LogP contribution in [0.1, 0.15) is 56.8 Å². The molecule has 0 amide bonds. The van der Waals surface area contributed by atoms with Crippen LogP contribution in [0.5, 0.6) is 0 Å². The van der Waals surface area contributed by atoms with E-state index in [0.717, 1.165) is 29.4 Å². The lowest BCUT2D eigenvalue weighted by molar-refractivity contribution is 0.547. The van der Waals surface area contributed by atoms with Gasteiger partial charge in [0, 0.05) is 32.1 Å². The molecule has 0 bridgehead atoms. The third-order valence-electron chi connectivity index (χ3n) is 4.43. The Morgan fingerprint density at radius 2 is 1.80 bits per heavy atom. The van der Waals surface area contributed by atoms with Gasteiger partial charge in [0.05, 0.1) is 0 Å². The molecule has 1 fully saturated rings. The van der Waals surface area contributed by atoms with Crippen LogP contribution >= 0.6 is 0 Å². The first-order valence-corrected chi connectivity index (χ1v) is 7.95. The topological polar surface area (TPSA) is 41.1 Å². The molecule has 1 heterocycles. The summed E-state index contributed by atoms with van der Waals surface area (Å²) in [6.45, 7) is 4.23. The van der Waals surface area contributed by atoms with Crippen molar-refractivity contribution >= 4 is 11.6 Å². The largest absolute Gasteiger partial charge is 0.373 e. The number of aromatic nitrogens is 2. The second-order valence-electron chi connectivity index (χ2n) is 5.80. The summed E-state index contributed by atoms with van der Waals surface area (Å²) in [6.07, 6.45) is 8.91. The van der Waals surface area contributed by atoms with E-state index < -0.39 is 0 Å². The summed E-state index contributed by atoms with van der Waals surface area (Å²) >= 11 is 0. The molecule has 2 rings (SSSR count). The van der Waals surface area contributed by atoms with E-state index in [1.165, 1.54) is 38.5 Å². The van der Waals surface area contributed by atoms with Crippen molar-refractivity contribution in [2.45, 2.75) is 64.8 Å². The monoisotopic (exact) mass is 276 g/mol. The molecule has 1 saturated carbocycles. The number of anilines is 2. The summed E-state index contributed by atoms with van der Waals surface area (Å²) in [5.41, 5.74) is 1.16. The first kappa shape index (κ1) is 15.1. The Morgan fingerprint density at radius 1 is 1.15 bits per heavy atom. The molecule has 0 radical (unpaired) electrons. The fraction of sp³-hybridized carbons (Fsp3) is 0.750. The average molecular weight is 276 g/mol. The Labute approximate surface area is 123 Å². The number of hydrogen-bond acceptors (Lipinski definition) is 4. The van der Waals surface area contributed by atoms with Gasteiger partial charge >= 0.3 is 0 Å². The van der Waals surface area contributed by atoms with Crippen molar-refractivity contribution in [2.75, 3.05) is 24.3 Å². The van der Waals surface area contributed by atoms with Crippen LogP contribution in [0.4, 0.5) is 11.6 Å². The first-order chi connectivity index (χ1) is 9.67. The van der Waals surface area contributed by atoms with Crippen molar-refractivity contribution in [3.8, 4) is 0 Å². The Hall–Kier alpha value is -1.32. The van der Waals surface area contributed by atoms with E-state index in [1.807, 2.05) is 7.05 Å². The second kappa shape index (κ2) is 6.91. The summed E-state index contributed by atoms with van der Waals surface area (Å²) in [6, 6.07) is 0.625. The Morgan fingerprint density at radius 3 is 2.35 bits per heavy atom.